The molecule has 5 nitrogen and oxygen atoms in total. The van der Waals surface area contributed by atoms with E-state index in [1.54, 1.807) is 14.2 Å². The zero-order valence-electron chi connectivity index (χ0n) is 18.9. The minimum Gasteiger partial charge on any atom is -0.497 e. The average molecular weight is 423 g/mol. The van der Waals surface area contributed by atoms with Gasteiger partial charge in [0.2, 0.25) is 5.91 Å². The van der Waals surface area contributed by atoms with Crippen molar-refractivity contribution < 1.29 is 14.3 Å². The number of carbonyl (C=O) groups is 1. The highest BCUT2D eigenvalue weighted by molar-refractivity contribution is 5.79. The summed E-state index contributed by atoms with van der Waals surface area (Å²) in [5.74, 6) is 2.50. The summed E-state index contributed by atoms with van der Waals surface area (Å²) in [5.41, 5.74) is 2.34. The number of amides is 1. The lowest BCUT2D eigenvalue weighted by atomic mass is 10.0. The number of ether oxygens (including phenoxy) is 2. The molecule has 31 heavy (non-hydrogen) atoms. The Kier molecular flexibility index (Phi) is 6.81. The first-order valence-corrected chi connectivity index (χ1v) is 11.4. The Bertz CT molecular complexity index is 881. The van der Waals surface area contributed by atoms with Gasteiger partial charge in [0.25, 0.3) is 0 Å². The summed E-state index contributed by atoms with van der Waals surface area (Å²) in [6.45, 7) is 4.47. The molecule has 1 aliphatic carbocycles. The summed E-state index contributed by atoms with van der Waals surface area (Å²) in [6.07, 6.45) is 4.54. The Morgan fingerprint density at radius 2 is 1.87 bits per heavy atom. The minimum absolute atomic E-state index is 0.0585. The van der Waals surface area contributed by atoms with Gasteiger partial charge in [0.1, 0.15) is 11.5 Å². The summed E-state index contributed by atoms with van der Waals surface area (Å²) in [5, 5.41) is 0. The second-order valence-electron chi connectivity index (χ2n) is 8.81. The first-order chi connectivity index (χ1) is 15.1. The van der Waals surface area contributed by atoms with Crippen LogP contribution in [-0.2, 0) is 4.79 Å². The van der Waals surface area contributed by atoms with E-state index in [1.165, 1.54) is 18.4 Å². The van der Waals surface area contributed by atoms with Gasteiger partial charge in [0, 0.05) is 30.8 Å². The molecule has 2 unspecified atom stereocenters. The van der Waals surface area contributed by atoms with Crippen LogP contribution in [0.25, 0.3) is 0 Å². The Morgan fingerprint density at radius 3 is 2.55 bits per heavy atom. The zero-order chi connectivity index (χ0) is 21.8. The highest BCUT2D eigenvalue weighted by atomic mass is 16.5. The molecule has 1 saturated heterocycles. The summed E-state index contributed by atoms with van der Waals surface area (Å²) >= 11 is 0. The number of benzene rings is 2. The Labute approximate surface area is 185 Å². The number of nitrogens with zero attached hydrogens (tertiary/aromatic N) is 2. The van der Waals surface area contributed by atoms with Crippen LogP contribution in [0.4, 0.5) is 0 Å². The molecule has 0 radical (unpaired) electrons. The molecule has 2 aliphatic rings. The first-order valence-electron chi connectivity index (χ1n) is 11.4. The van der Waals surface area contributed by atoms with Crippen LogP contribution in [0.2, 0.25) is 0 Å². The van der Waals surface area contributed by atoms with Crippen LogP contribution in [0.1, 0.15) is 55.8 Å². The second kappa shape index (κ2) is 9.73. The van der Waals surface area contributed by atoms with Crippen molar-refractivity contribution in [1.29, 1.82) is 0 Å². The van der Waals surface area contributed by atoms with Gasteiger partial charge in [-0.1, -0.05) is 30.3 Å². The van der Waals surface area contributed by atoms with Crippen LogP contribution < -0.4 is 9.47 Å². The molecule has 2 aromatic rings. The fourth-order valence-electron chi connectivity index (χ4n) is 4.68. The van der Waals surface area contributed by atoms with E-state index in [9.17, 15) is 4.79 Å². The van der Waals surface area contributed by atoms with Gasteiger partial charge in [-0.3, -0.25) is 9.69 Å². The molecular weight excluding hydrogens is 388 g/mol. The van der Waals surface area contributed by atoms with Crippen LogP contribution in [0.5, 0.6) is 11.5 Å². The molecule has 0 N–H and O–H groups in total. The quantitative estimate of drug-likeness (QED) is 0.580. The normalized spacial score (nSPS) is 19.5. The summed E-state index contributed by atoms with van der Waals surface area (Å²) in [7, 11) is 3.33. The van der Waals surface area contributed by atoms with Gasteiger partial charge in [0.05, 0.1) is 26.8 Å². The minimum atomic E-state index is 0.0585. The van der Waals surface area contributed by atoms with Crippen molar-refractivity contribution in [3.63, 3.8) is 0 Å². The van der Waals surface area contributed by atoms with Gasteiger partial charge in [-0.25, -0.2) is 0 Å². The maximum atomic E-state index is 13.5. The largest absolute Gasteiger partial charge is 0.497 e. The monoisotopic (exact) mass is 422 g/mol. The number of carbonyl (C=O) groups excluding carboxylic acids is 1. The topological polar surface area (TPSA) is 42.0 Å². The molecular formula is C26H34N2O3. The van der Waals surface area contributed by atoms with Gasteiger partial charge in [-0.05, 0) is 56.2 Å². The zero-order valence-corrected chi connectivity index (χ0v) is 18.9. The first kappa shape index (κ1) is 21.7. The van der Waals surface area contributed by atoms with Gasteiger partial charge >= 0.3 is 0 Å². The molecule has 166 valence electrons. The van der Waals surface area contributed by atoms with Crippen molar-refractivity contribution in [2.45, 2.75) is 44.7 Å². The van der Waals surface area contributed by atoms with Gasteiger partial charge in [-0.2, -0.15) is 0 Å². The van der Waals surface area contributed by atoms with E-state index in [4.69, 9.17) is 9.47 Å². The summed E-state index contributed by atoms with van der Waals surface area (Å²) in [4.78, 5) is 17.9. The second-order valence-corrected chi connectivity index (χ2v) is 8.81. The number of rotatable bonds is 9. The van der Waals surface area contributed by atoms with E-state index in [-0.39, 0.29) is 18.0 Å². The van der Waals surface area contributed by atoms with Crippen LogP contribution in [0, 0.1) is 5.92 Å². The van der Waals surface area contributed by atoms with E-state index < -0.39 is 0 Å². The van der Waals surface area contributed by atoms with E-state index >= 15 is 0 Å². The predicted octanol–water partition coefficient (Wildman–Crippen LogP) is 4.84. The summed E-state index contributed by atoms with van der Waals surface area (Å²) < 4.78 is 11.0. The molecule has 1 saturated carbocycles. The fourth-order valence-corrected chi connectivity index (χ4v) is 4.68. The highest BCUT2D eigenvalue weighted by Gasteiger charge is 2.35. The standard InChI is InChI=1S/C26H34N2O3/c1-19(21-8-5-4-6-9-21)27(17-20-11-12-20)18-26(29)28-15-7-10-24(28)23-14-13-22(30-2)16-25(23)31-3/h4-6,8-9,13-14,16,19-20,24H,7,10-12,15,17-18H2,1-3H3. The number of hydrogen-bond donors (Lipinski definition) is 0. The summed E-state index contributed by atoms with van der Waals surface area (Å²) in [6, 6.07) is 16.7. The van der Waals surface area contributed by atoms with Crippen molar-refractivity contribution in [2.24, 2.45) is 5.92 Å². The number of methoxy groups -OCH3 is 2. The molecule has 1 aliphatic heterocycles. The Morgan fingerprint density at radius 1 is 1.10 bits per heavy atom. The van der Waals surface area contributed by atoms with Crippen molar-refractivity contribution in [3.8, 4) is 11.5 Å². The third-order valence-corrected chi connectivity index (χ3v) is 6.73. The van der Waals surface area contributed by atoms with E-state index in [2.05, 4.69) is 41.0 Å². The molecule has 2 atom stereocenters. The molecule has 0 aromatic heterocycles. The molecule has 0 spiro atoms. The maximum absolute atomic E-state index is 13.5. The lowest BCUT2D eigenvalue weighted by Gasteiger charge is -2.33. The van der Waals surface area contributed by atoms with Crippen LogP contribution in [0.3, 0.4) is 0 Å². The van der Waals surface area contributed by atoms with E-state index in [0.29, 0.717) is 6.54 Å². The molecule has 4 rings (SSSR count). The lowest BCUT2D eigenvalue weighted by molar-refractivity contribution is -0.134. The third kappa shape index (κ3) is 5.04. The Balaban J connectivity index is 1.51. The smallest absolute Gasteiger partial charge is 0.237 e. The van der Waals surface area contributed by atoms with Crippen molar-refractivity contribution in [3.05, 3.63) is 59.7 Å². The van der Waals surface area contributed by atoms with Gasteiger partial charge in [0.15, 0.2) is 0 Å². The van der Waals surface area contributed by atoms with Crippen molar-refractivity contribution in [2.75, 3.05) is 33.9 Å². The SMILES string of the molecule is COc1ccc(C2CCCN2C(=O)CN(CC2CC2)C(C)c2ccccc2)c(OC)c1. The molecule has 1 amide bonds. The van der Waals surface area contributed by atoms with Gasteiger partial charge in [-0.15, -0.1) is 0 Å². The molecule has 2 aromatic carbocycles. The molecule has 2 fully saturated rings. The number of likely N-dealkylation sites (tertiary alicyclic amines) is 1. The van der Waals surface area contributed by atoms with Crippen LogP contribution >= 0.6 is 0 Å². The van der Waals surface area contributed by atoms with Crippen LogP contribution in [-0.4, -0.2) is 49.6 Å². The van der Waals surface area contributed by atoms with Crippen molar-refractivity contribution >= 4 is 5.91 Å². The third-order valence-electron chi connectivity index (χ3n) is 6.73. The molecule has 0 bridgehead atoms. The predicted molar refractivity (Wildman–Crippen MR) is 122 cm³/mol. The van der Waals surface area contributed by atoms with E-state index in [1.807, 2.05) is 24.3 Å². The van der Waals surface area contributed by atoms with Gasteiger partial charge < -0.3 is 14.4 Å². The number of hydrogen-bond acceptors (Lipinski definition) is 4. The Hall–Kier alpha value is -2.53. The average Bonchev–Trinajstić information content (AvgIpc) is 3.50. The van der Waals surface area contributed by atoms with E-state index in [0.717, 1.165) is 48.9 Å². The maximum Gasteiger partial charge on any atom is 0.237 e. The highest BCUT2D eigenvalue weighted by Crippen LogP contribution is 2.39. The lowest BCUT2D eigenvalue weighted by Crippen LogP contribution is -2.42. The molecule has 1 heterocycles. The molecule has 5 heteroatoms. The van der Waals surface area contributed by atoms with Crippen molar-refractivity contribution in [1.82, 2.24) is 9.80 Å². The fraction of sp³-hybridized carbons (Fsp3) is 0.500. The van der Waals surface area contributed by atoms with Crippen LogP contribution in [0.15, 0.2) is 48.5 Å².